The Kier molecular flexibility index (Phi) is 2.16. The Bertz CT molecular complexity index is 219. The van der Waals surface area contributed by atoms with E-state index in [-0.39, 0.29) is 5.41 Å². The fourth-order valence-electron chi connectivity index (χ4n) is 3.36. The Hall–Kier alpha value is -0.410. The van der Waals surface area contributed by atoms with E-state index < -0.39 is 6.10 Å². The molecule has 3 heteroatoms. The minimum Gasteiger partial charge on any atom is -0.385 e. The quantitative estimate of drug-likeness (QED) is 0.619. The molecule has 0 aliphatic heterocycles. The zero-order valence-electron chi connectivity index (χ0n) is 7.78. The fourth-order valence-corrected chi connectivity index (χ4v) is 3.36. The Labute approximate surface area is 78.3 Å². The predicted molar refractivity (Wildman–Crippen MR) is 49.0 cm³/mol. The maximum atomic E-state index is 10.6. The number of carbonyl (C=O) groups is 1. The Balaban J connectivity index is 2.21. The summed E-state index contributed by atoms with van der Waals surface area (Å²) in [5, 5.41) is 9.68. The fraction of sp³-hybridized carbons (Fsp3) is 0.900. The van der Waals surface area contributed by atoms with Crippen LogP contribution in [-0.2, 0) is 4.79 Å². The van der Waals surface area contributed by atoms with Crippen molar-refractivity contribution in [2.24, 2.45) is 23.0 Å². The normalized spacial score (nSPS) is 45.1. The number of aliphatic hydroxyl groups is 1. The molecule has 2 saturated carbocycles. The second-order valence-electron chi connectivity index (χ2n) is 4.60. The molecule has 3 N–H and O–H groups in total. The summed E-state index contributed by atoms with van der Waals surface area (Å²) in [4.78, 5) is 10.6. The molecule has 2 rings (SSSR count). The monoisotopic (exact) mass is 183 g/mol. The zero-order chi connectivity index (χ0) is 9.47. The zero-order valence-corrected chi connectivity index (χ0v) is 7.78. The number of hydrogen-bond acceptors (Lipinski definition) is 3. The lowest BCUT2D eigenvalue weighted by molar-refractivity contribution is -0.123. The van der Waals surface area contributed by atoms with E-state index in [2.05, 4.69) is 0 Å². The van der Waals surface area contributed by atoms with E-state index in [0.717, 1.165) is 12.8 Å². The lowest BCUT2D eigenvalue weighted by Crippen LogP contribution is -2.46. The Morgan fingerprint density at radius 1 is 1.62 bits per heavy atom. The van der Waals surface area contributed by atoms with Gasteiger partial charge < -0.3 is 15.6 Å². The van der Waals surface area contributed by atoms with E-state index in [1.165, 1.54) is 12.8 Å². The third-order valence-corrected chi connectivity index (χ3v) is 4.12. The van der Waals surface area contributed by atoms with Crippen molar-refractivity contribution in [1.82, 2.24) is 0 Å². The van der Waals surface area contributed by atoms with Gasteiger partial charge in [-0.05, 0) is 31.1 Å². The third kappa shape index (κ3) is 1.14. The largest absolute Gasteiger partial charge is 0.385 e. The van der Waals surface area contributed by atoms with Gasteiger partial charge in [0.05, 0.1) is 0 Å². The summed E-state index contributed by atoms with van der Waals surface area (Å²) in [5.74, 6) is 1.20. The Morgan fingerprint density at radius 3 is 2.77 bits per heavy atom. The van der Waals surface area contributed by atoms with E-state index >= 15 is 0 Å². The maximum Gasteiger partial charge on any atom is 0.149 e. The first-order valence-corrected chi connectivity index (χ1v) is 5.06. The molecule has 0 saturated heterocycles. The topological polar surface area (TPSA) is 63.3 Å². The van der Waals surface area contributed by atoms with Crippen LogP contribution in [0, 0.1) is 17.3 Å². The second kappa shape index (κ2) is 3.07. The van der Waals surface area contributed by atoms with Gasteiger partial charge in [0.2, 0.25) is 0 Å². The minimum absolute atomic E-state index is 0.273. The van der Waals surface area contributed by atoms with Crippen molar-refractivity contribution in [3.8, 4) is 0 Å². The summed E-state index contributed by atoms with van der Waals surface area (Å²) in [6.45, 7) is 0.452. The summed E-state index contributed by atoms with van der Waals surface area (Å²) in [5.41, 5.74) is 5.44. The lowest BCUT2D eigenvalue weighted by Gasteiger charge is -2.38. The molecular formula is C10H17NO2. The molecule has 0 aromatic carbocycles. The van der Waals surface area contributed by atoms with Gasteiger partial charge in [0, 0.05) is 12.0 Å². The van der Waals surface area contributed by atoms with Crippen LogP contribution in [-0.4, -0.2) is 24.0 Å². The maximum absolute atomic E-state index is 10.6. The van der Waals surface area contributed by atoms with Crippen LogP contribution < -0.4 is 5.73 Å². The molecule has 4 atom stereocenters. The molecule has 0 aromatic heterocycles. The number of aliphatic hydroxyl groups excluding tert-OH is 1. The van der Waals surface area contributed by atoms with Gasteiger partial charge in [-0.15, -0.1) is 0 Å². The van der Waals surface area contributed by atoms with Crippen molar-refractivity contribution in [3.63, 3.8) is 0 Å². The molecule has 0 aromatic rings. The highest BCUT2D eigenvalue weighted by molar-refractivity contribution is 5.58. The van der Waals surface area contributed by atoms with Gasteiger partial charge in [0.1, 0.15) is 12.4 Å². The summed E-state index contributed by atoms with van der Waals surface area (Å²) < 4.78 is 0. The average molecular weight is 183 g/mol. The molecule has 0 amide bonds. The highest BCUT2D eigenvalue weighted by Crippen LogP contribution is 2.56. The molecule has 2 aliphatic carbocycles. The molecule has 0 spiro atoms. The van der Waals surface area contributed by atoms with Crippen molar-refractivity contribution in [3.05, 3.63) is 0 Å². The van der Waals surface area contributed by atoms with Crippen LogP contribution in [0.4, 0.5) is 0 Å². The summed E-state index contributed by atoms with van der Waals surface area (Å²) in [7, 11) is 0. The summed E-state index contributed by atoms with van der Waals surface area (Å²) >= 11 is 0. The van der Waals surface area contributed by atoms with Gasteiger partial charge in [-0.1, -0.05) is 6.42 Å². The smallest absolute Gasteiger partial charge is 0.149 e. The number of nitrogens with two attached hydrogens (primary N) is 1. The van der Waals surface area contributed by atoms with E-state index in [9.17, 15) is 9.90 Å². The van der Waals surface area contributed by atoms with E-state index in [0.29, 0.717) is 24.7 Å². The Morgan fingerprint density at radius 2 is 2.38 bits per heavy atom. The predicted octanol–water partition coefficient (Wildman–Crippen LogP) is 0.311. The van der Waals surface area contributed by atoms with Crippen LogP contribution in [0.25, 0.3) is 0 Å². The van der Waals surface area contributed by atoms with Crippen LogP contribution >= 0.6 is 0 Å². The van der Waals surface area contributed by atoms with Gasteiger partial charge in [0.25, 0.3) is 0 Å². The lowest BCUT2D eigenvalue weighted by atomic mass is 9.69. The van der Waals surface area contributed by atoms with E-state index in [1.807, 2.05) is 0 Å². The van der Waals surface area contributed by atoms with Gasteiger partial charge in [-0.25, -0.2) is 0 Å². The first-order valence-electron chi connectivity index (χ1n) is 5.06. The first kappa shape index (κ1) is 9.16. The molecule has 2 fully saturated rings. The van der Waals surface area contributed by atoms with Gasteiger partial charge in [-0.2, -0.15) is 0 Å². The van der Waals surface area contributed by atoms with Crippen molar-refractivity contribution in [2.75, 3.05) is 6.54 Å². The number of aldehydes is 1. The second-order valence-corrected chi connectivity index (χ2v) is 4.60. The van der Waals surface area contributed by atoms with Crippen LogP contribution in [0.5, 0.6) is 0 Å². The van der Waals surface area contributed by atoms with Crippen molar-refractivity contribution in [2.45, 2.75) is 31.8 Å². The molecule has 4 unspecified atom stereocenters. The van der Waals surface area contributed by atoms with Gasteiger partial charge in [-0.3, -0.25) is 0 Å². The van der Waals surface area contributed by atoms with E-state index in [4.69, 9.17) is 5.73 Å². The van der Waals surface area contributed by atoms with Gasteiger partial charge >= 0.3 is 0 Å². The average Bonchev–Trinajstić information content (AvgIpc) is 2.75. The SMILES string of the molecule is NCC1(C(O)C=O)CC2CCC1C2. The van der Waals surface area contributed by atoms with Crippen LogP contribution in [0.15, 0.2) is 0 Å². The first-order chi connectivity index (χ1) is 6.23. The molecular weight excluding hydrogens is 166 g/mol. The molecule has 74 valence electrons. The van der Waals surface area contributed by atoms with Crippen LogP contribution in [0.1, 0.15) is 25.7 Å². The molecule has 2 bridgehead atoms. The summed E-state index contributed by atoms with van der Waals surface area (Å²) in [6, 6.07) is 0. The minimum atomic E-state index is -0.840. The third-order valence-electron chi connectivity index (χ3n) is 4.12. The number of fused-ring (bicyclic) bond motifs is 2. The highest BCUT2D eigenvalue weighted by Gasteiger charge is 2.53. The van der Waals surface area contributed by atoms with Gasteiger partial charge in [0.15, 0.2) is 0 Å². The van der Waals surface area contributed by atoms with Crippen molar-refractivity contribution in [1.29, 1.82) is 0 Å². The highest BCUT2D eigenvalue weighted by atomic mass is 16.3. The molecule has 13 heavy (non-hydrogen) atoms. The standard InChI is InChI=1S/C10H17NO2/c11-6-10(9(13)5-12)4-7-1-2-8(10)3-7/h5,7-9,13H,1-4,6,11H2. The number of carbonyl (C=O) groups excluding carboxylic acids is 1. The molecule has 0 heterocycles. The van der Waals surface area contributed by atoms with Crippen molar-refractivity contribution < 1.29 is 9.90 Å². The van der Waals surface area contributed by atoms with E-state index in [1.54, 1.807) is 0 Å². The van der Waals surface area contributed by atoms with Crippen molar-refractivity contribution >= 4 is 6.29 Å². The molecule has 3 nitrogen and oxygen atoms in total. The number of rotatable bonds is 3. The summed E-state index contributed by atoms with van der Waals surface area (Å²) in [6.07, 6.45) is 4.35. The number of hydrogen-bond donors (Lipinski definition) is 2. The van der Waals surface area contributed by atoms with Crippen LogP contribution in [0.3, 0.4) is 0 Å². The molecule has 0 radical (unpaired) electrons. The van der Waals surface area contributed by atoms with Crippen LogP contribution in [0.2, 0.25) is 0 Å². The molecule has 2 aliphatic rings.